The molecule has 18 heavy (non-hydrogen) atoms. The highest BCUT2D eigenvalue weighted by atomic mass is 16.3. The van der Waals surface area contributed by atoms with Crippen LogP contribution in [0.4, 0.5) is 0 Å². The lowest BCUT2D eigenvalue weighted by Crippen LogP contribution is -2.47. The molecule has 5 nitrogen and oxygen atoms in total. The van der Waals surface area contributed by atoms with E-state index in [1.807, 2.05) is 18.7 Å². The Morgan fingerprint density at radius 3 is 2.44 bits per heavy atom. The SMILES string of the molecule is CC(=O)C(NC(=O)CN1CCC(C)(O)C1)C(C)C. The van der Waals surface area contributed by atoms with E-state index in [1.54, 1.807) is 6.92 Å². The molecular weight excluding hydrogens is 232 g/mol. The number of rotatable bonds is 5. The van der Waals surface area contributed by atoms with Gasteiger partial charge in [-0.15, -0.1) is 0 Å². The second-order valence-corrected chi connectivity index (χ2v) is 5.86. The Bertz CT molecular complexity index is 326. The van der Waals surface area contributed by atoms with Gasteiger partial charge in [-0.2, -0.15) is 0 Å². The first-order valence-electron chi connectivity index (χ1n) is 6.46. The van der Waals surface area contributed by atoms with Gasteiger partial charge < -0.3 is 10.4 Å². The lowest BCUT2D eigenvalue weighted by atomic mass is 10.0. The first-order valence-corrected chi connectivity index (χ1v) is 6.46. The summed E-state index contributed by atoms with van der Waals surface area (Å²) in [6.45, 7) is 8.55. The summed E-state index contributed by atoms with van der Waals surface area (Å²) < 4.78 is 0. The van der Waals surface area contributed by atoms with E-state index in [1.165, 1.54) is 6.92 Å². The van der Waals surface area contributed by atoms with E-state index in [4.69, 9.17) is 0 Å². The van der Waals surface area contributed by atoms with Gasteiger partial charge in [-0.1, -0.05) is 13.8 Å². The van der Waals surface area contributed by atoms with E-state index < -0.39 is 11.6 Å². The van der Waals surface area contributed by atoms with E-state index in [9.17, 15) is 14.7 Å². The number of nitrogens with zero attached hydrogens (tertiary/aromatic N) is 1. The maximum absolute atomic E-state index is 11.8. The van der Waals surface area contributed by atoms with Crippen molar-refractivity contribution in [1.29, 1.82) is 0 Å². The fraction of sp³-hybridized carbons (Fsp3) is 0.846. The van der Waals surface area contributed by atoms with Crippen molar-refractivity contribution >= 4 is 11.7 Å². The van der Waals surface area contributed by atoms with Crippen molar-refractivity contribution in [1.82, 2.24) is 10.2 Å². The third kappa shape index (κ3) is 4.38. The summed E-state index contributed by atoms with van der Waals surface area (Å²) in [6.07, 6.45) is 0.681. The summed E-state index contributed by atoms with van der Waals surface area (Å²) in [4.78, 5) is 25.1. The molecule has 0 aromatic rings. The van der Waals surface area contributed by atoms with Gasteiger partial charge in [-0.05, 0) is 26.2 Å². The van der Waals surface area contributed by atoms with Crippen LogP contribution < -0.4 is 5.32 Å². The zero-order valence-corrected chi connectivity index (χ0v) is 11.7. The molecule has 2 atom stereocenters. The molecule has 0 radical (unpaired) electrons. The highest BCUT2D eigenvalue weighted by Crippen LogP contribution is 2.19. The average Bonchev–Trinajstić information content (AvgIpc) is 2.53. The van der Waals surface area contributed by atoms with Crippen molar-refractivity contribution in [3.05, 3.63) is 0 Å². The molecule has 1 fully saturated rings. The predicted molar refractivity (Wildman–Crippen MR) is 69.1 cm³/mol. The van der Waals surface area contributed by atoms with Crippen LogP contribution in [-0.2, 0) is 9.59 Å². The van der Waals surface area contributed by atoms with E-state index in [-0.39, 0.29) is 24.2 Å². The molecular formula is C13H24N2O3. The van der Waals surface area contributed by atoms with Gasteiger partial charge >= 0.3 is 0 Å². The van der Waals surface area contributed by atoms with Crippen molar-refractivity contribution in [3.8, 4) is 0 Å². The molecule has 0 bridgehead atoms. The van der Waals surface area contributed by atoms with E-state index in [2.05, 4.69) is 5.32 Å². The summed E-state index contributed by atoms with van der Waals surface area (Å²) in [5.41, 5.74) is -0.696. The quantitative estimate of drug-likeness (QED) is 0.736. The highest BCUT2D eigenvalue weighted by molar-refractivity contribution is 5.88. The first-order chi connectivity index (χ1) is 8.21. The van der Waals surface area contributed by atoms with Crippen molar-refractivity contribution < 1.29 is 14.7 Å². The molecule has 1 amide bonds. The fourth-order valence-electron chi connectivity index (χ4n) is 2.33. The van der Waals surface area contributed by atoms with E-state index in [0.717, 1.165) is 0 Å². The molecule has 2 N–H and O–H groups in total. The molecule has 1 aliphatic rings. The van der Waals surface area contributed by atoms with Crippen molar-refractivity contribution in [2.45, 2.75) is 45.8 Å². The second kappa shape index (κ2) is 5.80. The molecule has 0 aromatic heterocycles. The zero-order valence-electron chi connectivity index (χ0n) is 11.7. The van der Waals surface area contributed by atoms with Crippen LogP contribution in [0.15, 0.2) is 0 Å². The number of nitrogens with one attached hydrogen (secondary N) is 1. The molecule has 0 saturated carbocycles. The molecule has 0 aliphatic carbocycles. The van der Waals surface area contributed by atoms with Gasteiger partial charge in [-0.3, -0.25) is 14.5 Å². The third-order valence-corrected chi connectivity index (χ3v) is 3.32. The van der Waals surface area contributed by atoms with Gasteiger partial charge in [-0.25, -0.2) is 0 Å². The Kier molecular flexibility index (Phi) is 4.87. The highest BCUT2D eigenvalue weighted by Gasteiger charge is 2.32. The van der Waals surface area contributed by atoms with E-state index >= 15 is 0 Å². The Labute approximate surface area is 109 Å². The number of hydrogen-bond acceptors (Lipinski definition) is 4. The maximum Gasteiger partial charge on any atom is 0.234 e. The number of ketones is 1. The van der Waals surface area contributed by atoms with Crippen LogP contribution in [0.1, 0.15) is 34.1 Å². The third-order valence-electron chi connectivity index (χ3n) is 3.32. The summed E-state index contributed by atoms with van der Waals surface area (Å²) in [5.74, 6) is -0.0819. The monoisotopic (exact) mass is 256 g/mol. The summed E-state index contributed by atoms with van der Waals surface area (Å²) in [5, 5.41) is 12.6. The van der Waals surface area contributed by atoms with Gasteiger partial charge in [0.05, 0.1) is 18.2 Å². The minimum atomic E-state index is -0.696. The minimum absolute atomic E-state index is 0.0215. The molecule has 5 heteroatoms. The van der Waals surface area contributed by atoms with Gasteiger partial charge in [0, 0.05) is 13.1 Å². The summed E-state index contributed by atoms with van der Waals surface area (Å²) >= 11 is 0. The van der Waals surface area contributed by atoms with Crippen LogP contribution in [0.25, 0.3) is 0 Å². The number of Topliss-reactive ketones (excluding diaryl/α,β-unsaturated/α-hetero) is 1. The molecule has 1 rings (SSSR count). The van der Waals surface area contributed by atoms with Crippen LogP contribution in [-0.4, -0.2) is 53.0 Å². The fourth-order valence-corrected chi connectivity index (χ4v) is 2.33. The minimum Gasteiger partial charge on any atom is -0.389 e. The van der Waals surface area contributed by atoms with Crippen LogP contribution in [0.5, 0.6) is 0 Å². The Balaban J connectivity index is 2.44. The first kappa shape index (κ1) is 15.1. The number of hydrogen-bond donors (Lipinski definition) is 2. The van der Waals surface area contributed by atoms with Gasteiger partial charge in [0.2, 0.25) is 5.91 Å². The predicted octanol–water partition coefficient (Wildman–Crippen LogP) is 0.173. The number of aliphatic hydroxyl groups is 1. The smallest absolute Gasteiger partial charge is 0.234 e. The van der Waals surface area contributed by atoms with Gasteiger partial charge in [0.15, 0.2) is 5.78 Å². The Morgan fingerprint density at radius 1 is 1.44 bits per heavy atom. The van der Waals surface area contributed by atoms with E-state index in [0.29, 0.717) is 19.5 Å². The molecule has 1 aliphatic heterocycles. The zero-order chi connectivity index (χ0) is 13.9. The molecule has 0 aromatic carbocycles. The van der Waals surface area contributed by atoms with Crippen LogP contribution in [0.2, 0.25) is 0 Å². The normalized spacial score (nSPS) is 26.3. The Hall–Kier alpha value is -0.940. The van der Waals surface area contributed by atoms with Crippen LogP contribution in [0.3, 0.4) is 0 Å². The lowest BCUT2D eigenvalue weighted by Gasteiger charge is -2.22. The molecule has 1 heterocycles. The molecule has 2 unspecified atom stereocenters. The van der Waals surface area contributed by atoms with Crippen molar-refractivity contribution in [2.24, 2.45) is 5.92 Å². The van der Waals surface area contributed by atoms with Gasteiger partial charge in [0.25, 0.3) is 0 Å². The maximum atomic E-state index is 11.8. The van der Waals surface area contributed by atoms with Crippen LogP contribution in [0, 0.1) is 5.92 Å². The number of carbonyl (C=O) groups excluding carboxylic acids is 2. The van der Waals surface area contributed by atoms with Crippen molar-refractivity contribution in [2.75, 3.05) is 19.6 Å². The van der Waals surface area contributed by atoms with Crippen LogP contribution >= 0.6 is 0 Å². The lowest BCUT2D eigenvalue weighted by molar-refractivity contribution is -0.128. The topological polar surface area (TPSA) is 69.6 Å². The summed E-state index contributed by atoms with van der Waals surface area (Å²) in [6, 6.07) is -0.416. The second-order valence-electron chi connectivity index (χ2n) is 5.86. The number of β-amino-alcohol motifs (C(OH)–C–C–N with tert-alkyl or cyclic N) is 1. The van der Waals surface area contributed by atoms with Gasteiger partial charge in [0.1, 0.15) is 0 Å². The molecule has 1 saturated heterocycles. The Morgan fingerprint density at radius 2 is 2.06 bits per heavy atom. The molecule has 0 spiro atoms. The number of amides is 1. The summed E-state index contributed by atoms with van der Waals surface area (Å²) in [7, 11) is 0. The average molecular weight is 256 g/mol. The van der Waals surface area contributed by atoms with Crippen molar-refractivity contribution in [3.63, 3.8) is 0 Å². The largest absolute Gasteiger partial charge is 0.389 e. The number of carbonyl (C=O) groups is 2. The standard InChI is InChI=1S/C13H24N2O3/c1-9(2)12(10(3)16)14-11(17)7-15-6-5-13(4,18)8-15/h9,12,18H,5-8H2,1-4H3,(H,14,17). The number of likely N-dealkylation sites (tertiary alicyclic amines) is 1. The molecule has 104 valence electrons.